The minimum absolute atomic E-state index is 0.645. The summed E-state index contributed by atoms with van der Waals surface area (Å²) in [6.45, 7) is 0. The van der Waals surface area contributed by atoms with Gasteiger partial charge in [0, 0.05) is 27.8 Å². The number of hydrogen-bond acceptors (Lipinski definition) is 4. The van der Waals surface area contributed by atoms with Crippen molar-refractivity contribution in [1.29, 1.82) is 0 Å². The topological polar surface area (TPSA) is 0 Å². The van der Waals surface area contributed by atoms with Gasteiger partial charge in [0.05, 0.1) is 12.8 Å². The summed E-state index contributed by atoms with van der Waals surface area (Å²) in [6.07, 6.45) is 2.43. The van der Waals surface area contributed by atoms with Crippen LogP contribution in [-0.4, -0.2) is 5.25 Å². The van der Waals surface area contributed by atoms with E-state index in [0.29, 0.717) is 10.5 Å². The molecule has 0 amide bonds. The molecule has 2 unspecified atom stereocenters. The number of thioether (sulfide) groups is 2. The summed E-state index contributed by atoms with van der Waals surface area (Å²) in [7, 11) is 0. The van der Waals surface area contributed by atoms with Crippen molar-refractivity contribution in [3.05, 3.63) is 35.6 Å². The second kappa shape index (κ2) is 4.77. The van der Waals surface area contributed by atoms with Crippen LogP contribution < -0.4 is 0 Å². The Morgan fingerprint density at radius 3 is 2.75 bits per heavy atom. The average Bonchev–Trinajstić information content (AvgIpc) is 3.06. The van der Waals surface area contributed by atoms with E-state index < -0.39 is 0 Å². The molecule has 5 rings (SSSR count). The molecule has 1 aromatic carbocycles. The number of halogens is 2. The predicted molar refractivity (Wildman–Crippen MR) is 112 cm³/mol. The van der Waals surface area contributed by atoms with Crippen LogP contribution in [0.3, 0.4) is 0 Å². The number of benzene rings is 1. The van der Waals surface area contributed by atoms with E-state index in [2.05, 4.69) is 69.5 Å². The van der Waals surface area contributed by atoms with Crippen LogP contribution in [0.1, 0.15) is 10.8 Å². The van der Waals surface area contributed by atoms with Crippen LogP contribution in [-0.2, 0) is 0 Å². The zero-order chi connectivity index (χ0) is 13.4. The SMILES string of the molecule is IC1=CC2Sc3cc4c(cc3C2S1)sc1cc(I)sc14. The van der Waals surface area contributed by atoms with Gasteiger partial charge in [-0.3, -0.25) is 0 Å². The highest BCUT2D eigenvalue weighted by Gasteiger charge is 2.37. The molecule has 0 nitrogen and oxygen atoms in total. The van der Waals surface area contributed by atoms with Crippen molar-refractivity contribution in [2.45, 2.75) is 15.4 Å². The Labute approximate surface area is 160 Å². The number of rotatable bonds is 0. The molecule has 20 heavy (non-hydrogen) atoms. The van der Waals surface area contributed by atoms with Crippen LogP contribution >= 0.6 is 91.4 Å². The summed E-state index contributed by atoms with van der Waals surface area (Å²) >= 11 is 12.9. The van der Waals surface area contributed by atoms with Gasteiger partial charge >= 0.3 is 0 Å². The second-order valence-electron chi connectivity index (χ2n) is 4.82. The first-order valence-electron chi connectivity index (χ1n) is 6.05. The third kappa shape index (κ3) is 1.90. The minimum atomic E-state index is 0.645. The Bertz CT molecular complexity index is 905. The van der Waals surface area contributed by atoms with E-state index in [0.717, 1.165) is 0 Å². The Balaban J connectivity index is 1.76. The lowest BCUT2D eigenvalue weighted by atomic mass is 10.1. The van der Waals surface area contributed by atoms with Crippen molar-refractivity contribution in [3.8, 4) is 0 Å². The lowest BCUT2D eigenvalue weighted by Crippen LogP contribution is -1.96. The maximum atomic E-state index is 2.46. The van der Waals surface area contributed by atoms with Crippen LogP contribution in [0.5, 0.6) is 0 Å². The molecule has 0 radical (unpaired) electrons. The fraction of sp³-hybridized carbons (Fsp3) is 0.143. The third-order valence-corrected chi connectivity index (χ3v) is 10.5. The molecule has 0 aliphatic carbocycles. The van der Waals surface area contributed by atoms with Crippen molar-refractivity contribution in [1.82, 2.24) is 0 Å². The van der Waals surface area contributed by atoms with Crippen molar-refractivity contribution in [3.63, 3.8) is 0 Å². The predicted octanol–water partition coefficient (Wildman–Crippen LogP) is 7.26. The molecule has 0 spiro atoms. The van der Waals surface area contributed by atoms with E-state index >= 15 is 0 Å². The Kier molecular flexibility index (Phi) is 3.21. The van der Waals surface area contributed by atoms with E-state index in [1.165, 1.54) is 30.2 Å². The normalized spacial score (nSPS) is 24.4. The summed E-state index contributed by atoms with van der Waals surface area (Å²) < 4.78 is 7.24. The summed E-state index contributed by atoms with van der Waals surface area (Å²) in [5.41, 5.74) is 1.56. The zero-order valence-electron chi connectivity index (χ0n) is 9.85. The number of fused-ring (bicyclic) bond motifs is 6. The van der Waals surface area contributed by atoms with Gasteiger partial charge in [0.2, 0.25) is 0 Å². The average molecular weight is 556 g/mol. The molecular weight excluding hydrogens is 550 g/mol. The molecule has 2 aliphatic heterocycles. The molecule has 0 fully saturated rings. The fourth-order valence-electron chi connectivity index (χ4n) is 2.82. The van der Waals surface area contributed by atoms with E-state index in [4.69, 9.17) is 0 Å². The Hall–Kier alpha value is 1.04. The lowest BCUT2D eigenvalue weighted by Gasteiger charge is -2.07. The highest BCUT2D eigenvalue weighted by Crippen LogP contribution is 2.60. The molecule has 0 bridgehead atoms. The van der Waals surface area contributed by atoms with Gasteiger partial charge in [-0.1, -0.05) is 0 Å². The molecule has 6 heteroatoms. The minimum Gasteiger partial charge on any atom is -0.134 e. The number of hydrogen-bond donors (Lipinski definition) is 0. The van der Waals surface area contributed by atoms with Gasteiger partial charge in [-0.2, -0.15) is 0 Å². The van der Waals surface area contributed by atoms with Gasteiger partial charge in [0.1, 0.15) is 0 Å². The highest BCUT2D eigenvalue weighted by atomic mass is 127. The van der Waals surface area contributed by atoms with E-state index in [-0.39, 0.29) is 0 Å². The molecule has 4 heterocycles. The van der Waals surface area contributed by atoms with Crippen molar-refractivity contribution >= 4 is 111 Å². The number of thiophene rings is 2. The van der Waals surface area contributed by atoms with Crippen molar-refractivity contribution < 1.29 is 0 Å². The molecule has 0 saturated heterocycles. The molecule has 100 valence electrons. The molecule has 3 aromatic rings. The monoisotopic (exact) mass is 556 g/mol. The van der Waals surface area contributed by atoms with Gasteiger partial charge < -0.3 is 0 Å². The third-order valence-electron chi connectivity index (χ3n) is 3.65. The maximum Gasteiger partial charge on any atom is 0.0674 e. The molecule has 0 saturated carbocycles. The maximum absolute atomic E-state index is 2.46. The Morgan fingerprint density at radius 2 is 1.85 bits per heavy atom. The van der Waals surface area contributed by atoms with Crippen molar-refractivity contribution in [2.24, 2.45) is 0 Å². The first-order chi connectivity index (χ1) is 9.69. The lowest BCUT2D eigenvalue weighted by molar-refractivity contribution is 1.03. The van der Waals surface area contributed by atoms with Crippen LogP contribution in [0.25, 0.3) is 19.5 Å². The second-order valence-corrected chi connectivity index (χ2v) is 13.2. The van der Waals surface area contributed by atoms with Crippen LogP contribution in [0, 0.1) is 2.88 Å². The summed E-state index contributed by atoms with van der Waals surface area (Å²) in [5, 5.41) is 2.76. The van der Waals surface area contributed by atoms with E-state index in [1.807, 2.05) is 46.2 Å². The van der Waals surface area contributed by atoms with Gasteiger partial charge in [-0.15, -0.1) is 46.2 Å². The highest BCUT2D eigenvalue weighted by molar-refractivity contribution is 14.1. The fourth-order valence-corrected chi connectivity index (χ4v) is 10.5. The zero-order valence-corrected chi connectivity index (χ0v) is 17.4. The van der Waals surface area contributed by atoms with Crippen LogP contribution in [0.4, 0.5) is 0 Å². The first kappa shape index (κ1) is 13.5. The molecule has 2 atom stereocenters. The van der Waals surface area contributed by atoms with Crippen LogP contribution in [0.15, 0.2) is 32.1 Å². The molecule has 2 aliphatic rings. The van der Waals surface area contributed by atoms with E-state index in [9.17, 15) is 0 Å². The Morgan fingerprint density at radius 1 is 0.950 bits per heavy atom. The molecule has 0 N–H and O–H groups in total. The quantitative estimate of drug-likeness (QED) is 0.268. The molecule has 2 aromatic heterocycles. The summed E-state index contributed by atoms with van der Waals surface area (Å²) in [5.74, 6) is 0. The van der Waals surface area contributed by atoms with Crippen molar-refractivity contribution in [2.75, 3.05) is 0 Å². The largest absolute Gasteiger partial charge is 0.134 e. The van der Waals surface area contributed by atoms with Gasteiger partial charge in [0.25, 0.3) is 0 Å². The van der Waals surface area contributed by atoms with Gasteiger partial charge in [-0.25, -0.2) is 0 Å². The standard InChI is InChI=1S/C14H6I2S4/c15-11-3-9-13(19-11)5-1-7-6(2-8(5)18-9)14-10(17-7)4-12(16)20-14/h1-4,9,13H. The summed E-state index contributed by atoms with van der Waals surface area (Å²) in [4.78, 5) is 1.50. The van der Waals surface area contributed by atoms with Crippen LogP contribution in [0.2, 0.25) is 0 Å². The van der Waals surface area contributed by atoms with Gasteiger partial charge in [0.15, 0.2) is 0 Å². The van der Waals surface area contributed by atoms with E-state index in [1.54, 1.807) is 5.56 Å². The summed E-state index contributed by atoms with van der Waals surface area (Å²) in [6, 6.07) is 7.23. The molecular formula is C14H6I2S4. The first-order valence-corrected chi connectivity index (χ1v) is 11.6. The van der Waals surface area contributed by atoms with Gasteiger partial charge in [-0.05, 0) is 75.0 Å². The smallest absolute Gasteiger partial charge is 0.0674 e.